The molecule has 1 amide bonds. The van der Waals surface area contributed by atoms with Gasteiger partial charge >= 0.3 is 0 Å². The summed E-state index contributed by atoms with van der Waals surface area (Å²) in [7, 11) is 0. The molecule has 1 saturated heterocycles. The van der Waals surface area contributed by atoms with E-state index in [1.807, 2.05) is 30.3 Å². The van der Waals surface area contributed by atoms with Gasteiger partial charge in [-0.15, -0.1) is 0 Å². The van der Waals surface area contributed by atoms with Crippen LogP contribution in [0, 0.1) is 11.3 Å². The third-order valence-electron chi connectivity index (χ3n) is 6.09. The number of nitrogens with zero attached hydrogens (tertiary/aromatic N) is 1. The molecule has 0 aromatic heterocycles. The molecule has 0 N–H and O–H groups in total. The Morgan fingerprint density at radius 1 is 1.09 bits per heavy atom. The van der Waals surface area contributed by atoms with Gasteiger partial charge in [-0.3, -0.25) is 4.79 Å². The lowest BCUT2D eigenvalue weighted by atomic mass is 9.78. The van der Waals surface area contributed by atoms with Gasteiger partial charge in [0.05, 0.1) is 0 Å². The molecule has 0 radical (unpaired) electrons. The Hall–Kier alpha value is -1.31. The van der Waals surface area contributed by atoms with Gasteiger partial charge in [0.1, 0.15) is 0 Å². The molecule has 2 nitrogen and oxygen atoms in total. The van der Waals surface area contributed by atoms with E-state index >= 15 is 0 Å². The average Bonchev–Trinajstić information content (AvgIpc) is 2.79. The summed E-state index contributed by atoms with van der Waals surface area (Å²) in [6.45, 7) is 6.89. The molecular weight excluding hydrogens is 270 g/mol. The minimum Gasteiger partial charge on any atom is -0.332 e. The molecule has 22 heavy (non-hydrogen) atoms. The molecule has 0 bridgehead atoms. The molecule has 3 rings (SSSR count). The molecule has 2 heteroatoms. The number of amides is 1. The van der Waals surface area contributed by atoms with E-state index in [9.17, 15) is 4.79 Å². The molecule has 0 spiro atoms. The second-order valence-electron chi connectivity index (χ2n) is 7.91. The van der Waals surface area contributed by atoms with E-state index in [-0.39, 0.29) is 11.3 Å². The van der Waals surface area contributed by atoms with Crippen LogP contribution in [0.25, 0.3) is 0 Å². The average molecular weight is 299 g/mol. The van der Waals surface area contributed by atoms with E-state index in [1.165, 1.54) is 32.1 Å². The van der Waals surface area contributed by atoms with E-state index in [2.05, 4.69) is 25.7 Å². The number of carbonyl (C=O) groups is 1. The molecule has 1 aliphatic heterocycles. The van der Waals surface area contributed by atoms with Gasteiger partial charge in [0.15, 0.2) is 0 Å². The number of benzene rings is 1. The van der Waals surface area contributed by atoms with Crippen molar-refractivity contribution in [2.24, 2.45) is 11.3 Å². The van der Waals surface area contributed by atoms with Crippen LogP contribution in [0.2, 0.25) is 0 Å². The lowest BCUT2D eigenvalue weighted by Gasteiger charge is -2.36. The van der Waals surface area contributed by atoms with Crippen LogP contribution >= 0.6 is 0 Å². The third-order valence-corrected chi connectivity index (χ3v) is 6.09. The fourth-order valence-electron chi connectivity index (χ4n) is 4.44. The maximum atomic E-state index is 13.1. The van der Waals surface area contributed by atoms with Crippen molar-refractivity contribution in [3.63, 3.8) is 0 Å². The van der Waals surface area contributed by atoms with E-state index in [1.54, 1.807) is 0 Å². The SMILES string of the molecule is CC1N(C(=O)c2ccccc2)C(C2CCCCC2)CC1(C)C. The van der Waals surface area contributed by atoms with Gasteiger partial charge in [-0.2, -0.15) is 0 Å². The van der Waals surface area contributed by atoms with Crippen molar-refractivity contribution in [3.8, 4) is 0 Å². The van der Waals surface area contributed by atoms with Gasteiger partial charge in [0.2, 0.25) is 0 Å². The van der Waals surface area contributed by atoms with Crippen LogP contribution < -0.4 is 0 Å². The molecule has 120 valence electrons. The summed E-state index contributed by atoms with van der Waals surface area (Å²) in [5, 5.41) is 0. The molecule has 2 fully saturated rings. The third kappa shape index (κ3) is 2.80. The van der Waals surface area contributed by atoms with Gasteiger partial charge in [-0.05, 0) is 49.7 Å². The van der Waals surface area contributed by atoms with E-state index in [0.717, 1.165) is 12.0 Å². The number of hydrogen-bond acceptors (Lipinski definition) is 1. The van der Waals surface area contributed by atoms with Crippen molar-refractivity contribution in [1.29, 1.82) is 0 Å². The number of rotatable bonds is 2. The highest BCUT2D eigenvalue weighted by atomic mass is 16.2. The summed E-state index contributed by atoms with van der Waals surface area (Å²) in [4.78, 5) is 15.4. The second kappa shape index (κ2) is 6.06. The quantitative estimate of drug-likeness (QED) is 0.761. The van der Waals surface area contributed by atoms with Crippen molar-refractivity contribution in [2.75, 3.05) is 0 Å². The first-order valence-corrected chi connectivity index (χ1v) is 8.88. The molecular formula is C20H29NO. The topological polar surface area (TPSA) is 20.3 Å². The van der Waals surface area contributed by atoms with Crippen LogP contribution in [0.15, 0.2) is 30.3 Å². The van der Waals surface area contributed by atoms with Crippen LogP contribution in [-0.4, -0.2) is 22.9 Å². The Labute approximate surface area is 134 Å². The maximum absolute atomic E-state index is 13.1. The Bertz CT molecular complexity index is 516. The maximum Gasteiger partial charge on any atom is 0.254 e. The van der Waals surface area contributed by atoms with Crippen molar-refractivity contribution < 1.29 is 4.79 Å². The monoisotopic (exact) mass is 299 g/mol. The standard InChI is InChI=1S/C20H29NO/c1-15-20(2,3)14-18(16-10-6-4-7-11-16)21(15)19(22)17-12-8-5-9-13-17/h5,8-9,12-13,15-16,18H,4,6-7,10-11,14H2,1-3H3. The molecule has 2 unspecified atom stereocenters. The predicted molar refractivity (Wildman–Crippen MR) is 90.8 cm³/mol. The molecule has 1 aromatic rings. The van der Waals surface area contributed by atoms with Gasteiger partial charge in [0, 0.05) is 17.6 Å². The first-order valence-electron chi connectivity index (χ1n) is 8.88. The zero-order chi connectivity index (χ0) is 15.7. The molecule has 2 aliphatic rings. The van der Waals surface area contributed by atoms with Crippen molar-refractivity contribution >= 4 is 5.91 Å². The van der Waals surface area contributed by atoms with Crippen LogP contribution in [0.3, 0.4) is 0 Å². The summed E-state index contributed by atoms with van der Waals surface area (Å²) in [6, 6.07) is 10.6. The van der Waals surface area contributed by atoms with Crippen LogP contribution in [0.4, 0.5) is 0 Å². The largest absolute Gasteiger partial charge is 0.332 e. The first kappa shape index (κ1) is 15.6. The highest BCUT2D eigenvalue weighted by Crippen LogP contribution is 2.46. The Kier molecular flexibility index (Phi) is 4.29. The van der Waals surface area contributed by atoms with Crippen LogP contribution in [0.5, 0.6) is 0 Å². The predicted octanol–water partition coefficient (Wildman–Crippen LogP) is 4.90. The first-order chi connectivity index (χ1) is 10.5. The van der Waals surface area contributed by atoms with Crippen molar-refractivity contribution in [2.45, 2.75) is 71.4 Å². The lowest BCUT2D eigenvalue weighted by molar-refractivity contribution is 0.0564. The normalized spacial score (nSPS) is 28.8. The Morgan fingerprint density at radius 3 is 2.36 bits per heavy atom. The summed E-state index contributed by atoms with van der Waals surface area (Å²) in [5.74, 6) is 0.930. The zero-order valence-electron chi connectivity index (χ0n) is 14.2. The summed E-state index contributed by atoms with van der Waals surface area (Å²) in [6.07, 6.45) is 7.79. The van der Waals surface area contributed by atoms with Gasteiger partial charge in [-0.1, -0.05) is 51.3 Å². The fourth-order valence-corrected chi connectivity index (χ4v) is 4.44. The minimum atomic E-state index is 0.215. The number of hydrogen-bond donors (Lipinski definition) is 0. The highest BCUT2D eigenvalue weighted by molar-refractivity contribution is 5.94. The fraction of sp³-hybridized carbons (Fsp3) is 0.650. The van der Waals surface area contributed by atoms with Gasteiger partial charge < -0.3 is 4.90 Å². The zero-order valence-corrected chi connectivity index (χ0v) is 14.2. The molecule has 1 aromatic carbocycles. The van der Waals surface area contributed by atoms with Crippen molar-refractivity contribution in [1.82, 2.24) is 4.90 Å². The summed E-state index contributed by atoms with van der Waals surface area (Å²) < 4.78 is 0. The Morgan fingerprint density at radius 2 is 1.73 bits per heavy atom. The smallest absolute Gasteiger partial charge is 0.254 e. The second-order valence-corrected chi connectivity index (χ2v) is 7.91. The van der Waals surface area contributed by atoms with Crippen LogP contribution in [-0.2, 0) is 0 Å². The minimum absolute atomic E-state index is 0.215. The molecule has 1 saturated carbocycles. The highest BCUT2D eigenvalue weighted by Gasteiger charge is 2.48. The molecule has 1 aliphatic carbocycles. The summed E-state index contributed by atoms with van der Waals surface area (Å²) >= 11 is 0. The van der Waals surface area contributed by atoms with Gasteiger partial charge in [-0.25, -0.2) is 0 Å². The van der Waals surface area contributed by atoms with Gasteiger partial charge in [0.25, 0.3) is 5.91 Å². The molecule has 2 atom stereocenters. The van der Waals surface area contributed by atoms with E-state index in [0.29, 0.717) is 18.0 Å². The Balaban J connectivity index is 1.88. The molecule has 1 heterocycles. The number of carbonyl (C=O) groups excluding carboxylic acids is 1. The summed E-state index contributed by atoms with van der Waals surface area (Å²) in [5.41, 5.74) is 1.06. The van der Waals surface area contributed by atoms with E-state index < -0.39 is 0 Å². The van der Waals surface area contributed by atoms with E-state index in [4.69, 9.17) is 0 Å². The van der Waals surface area contributed by atoms with Crippen molar-refractivity contribution in [3.05, 3.63) is 35.9 Å². The van der Waals surface area contributed by atoms with Crippen LogP contribution in [0.1, 0.15) is 69.7 Å². The lowest BCUT2D eigenvalue weighted by Crippen LogP contribution is -2.45. The number of likely N-dealkylation sites (tertiary alicyclic amines) is 1.